The summed E-state index contributed by atoms with van der Waals surface area (Å²) in [5, 5.41) is 2.91. The number of nitrogens with one attached hydrogen (secondary N) is 1. The van der Waals surface area contributed by atoms with E-state index in [1.54, 1.807) is 24.5 Å². The normalized spacial score (nSPS) is 21.8. The molecule has 1 aromatic carbocycles. The second kappa shape index (κ2) is 7.35. The lowest BCUT2D eigenvalue weighted by Gasteiger charge is -2.38. The highest BCUT2D eigenvalue weighted by Gasteiger charge is 2.29. The lowest BCUT2D eigenvalue weighted by atomic mass is 10.0. The van der Waals surface area contributed by atoms with E-state index < -0.39 is 0 Å². The van der Waals surface area contributed by atoms with Gasteiger partial charge in [0, 0.05) is 24.6 Å². The fourth-order valence-electron chi connectivity index (χ4n) is 2.85. The Balaban J connectivity index is 1.68. The van der Waals surface area contributed by atoms with Crippen molar-refractivity contribution in [1.82, 2.24) is 9.88 Å². The fourth-order valence-corrected chi connectivity index (χ4v) is 2.85. The second-order valence-corrected chi connectivity index (χ2v) is 5.78. The van der Waals surface area contributed by atoms with Gasteiger partial charge in [0.05, 0.1) is 25.3 Å². The summed E-state index contributed by atoms with van der Waals surface area (Å²) < 4.78 is 5.79. The van der Waals surface area contributed by atoms with Crippen molar-refractivity contribution in [3.63, 3.8) is 0 Å². The minimum Gasteiger partial charge on any atom is -0.375 e. The Kier molecular flexibility index (Phi) is 5.00. The van der Waals surface area contributed by atoms with Crippen LogP contribution in [0.2, 0.25) is 0 Å². The van der Waals surface area contributed by atoms with Gasteiger partial charge in [-0.05, 0) is 24.6 Å². The zero-order valence-electron chi connectivity index (χ0n) is 13.2. The molecule has 0 radical (unpaired) electrons. The number of nitrogens with zero attached hydrogens (tertiary/aromatic N) is 2. The van der Waals surface area contributed by atoms with Crippen LogP contribution in [0.3, 0.4) is 0 Å². The van der Waals surface area contributed by atoms with Crippen molar-refractivity contribution in [2.75, 3.05) is 25.0 Å². The third-order valence-corrected chi connectivity index (χ3v) is 3.97. The van der Waals surface area contributed by atoms with E-state index in [4.69, 9.17) is 4.74 Å². The predicted molar refractivity (Wildman–Crippen MR) is 89.0 cm³/mol. The number of aromatic nitrogens is 1. The van der Waals surface area contributed by atoms with Gasteiger partial charge in [0.2, 0.25) is 5.91 Å². The topological polar surface area (TPSA) is 54.5 Å². The molecule has 1 fully saturated rings. The van der Waals surface area contributed by atoms with Crippen LogP contribution in [0.4, 0.5) is 5.69 Å². The Labute approximate surface area is 136 Å². The Morgan fingerprint density at radius 2 is 2.00 bits per heavy atom. The first kappa shape index (κ1) is 15.6. The van der Waals surface area contributed by atoms with Crippen molar-refractivity contribution in [3.8, 4) is 0 Å². The average Bonchev–Trinajstić information content (AvgIpc) is 2.56. The van der Waals surface area contributed by atoms with Crippen LogP contribution < -0.4 is 5.32 Å². The van der Waals surface area contributed by atoms with Gasteiger partial charge in [-0.3, -0.25) is 14.7 Å². The molecule has 1 amide bonds. The largest absolute Gasteiger partial charge is 0.375 e. The highest BCUT2D eigenvalue weighted by atomic mass is 16.5. The van der Waals surface area contributed by atoms with Gasteiger partial charge in [0.25, 0.3) is 0 Å². The van der Waals surface area contributed by atoms with Crippen LogP contribution in [0.5, 0.6) is 0 Å². The molecule has 5 nitrogen and oxygen atoms in total. The molecule has 0 spiro atoms. The van der Waals surface area contributed by atoms with E-state index in [0.29, 0.717) is 13.2 Å². The lowest BCUT2D eigenvalue weighted by molar-refractivity contribution is -0.121. The van der Waals surface area contributed by atoms with E-state index in [9.17, 15) is 4.79 Å². The molecule has 2 unspecified atom stereocenters. The van der Waals surface area contributed by atoms with Crippen LogP contribution >= 0.6 is 0 Å². The molecule has 5 heteroatoms. The Hall–Kier alpha value is -2.24. The zero-order valence-corrected chi connectivity index (χ0v) is 13.2. The summed E-state index contributed by atoms with van der Waals surface area (Å²) in [6.07, 6.45) is 3.46. The fraction of sp³-hybridized carbons (Fsp3) is 0.333. The minimum absolute atomic E-state index is 0.0220. The van der Waals surface area contributed by atoms with Gasteiger partial charge in [-0.1, -0.05) is 30.3 Å². The smallest absolute Gasteiger partial charge is 0.238 e. The molecule has 1 N–H and O–H groups in total. The van der Waals surface area contributed by atoms with E-state index in [1.165, 1.54) is 5.56 Å². The van der Waals surface area contributed by atoms with Crippen LogP contribution in [-0.2, 0) is 9.53 Å². The molecular weight excluding hydrogens is 290 g/mol. The number of hydrogen-bond acceptors (Lipinski definition) is 4. The van der Waals surface area contributed by atoms with E-state index in [0.717, 1.165) is 12.2 Å². The molecule has 1 aliphatic heterocycles. The van der Waals surface area contributed by atoms with E-state index >= 15 is 0 Å². The monoisotopic (exact) mass is 311 g/mol. The van der Waals surface area contributed by atoms with Gasteiger partial charge in [0.15, 0.2) is 0 Å². The minimum atomic E-state index is -0.0220. The molecule has 2 heterocycles. The number of carbonyl (C=O) groups excluding carboxylic acids is 1. The number of carbonyl (C=O) groups is 1. The molecule has 1 aromatic heterocycles. The number of anilines is 1. The Morgan fingerprint density at radius 3 is 2.74 bits per heavy atom. The first-order valence-electron chi connectivity index (χ1n) is 7.83. The molecule has 1 aliphatic rings. The molecule has 0 saturated carbocycles. The van der Waals surface area contributed by atoms with Crippen LogP contribution in [0.15, 0.2) is 54.9 Å². The summed E-state index contributed by atoms with van der Waals surface area (Å²) in [6, 6.07) is 13.9. The highest BCUT2D eigenvalue weighted by molar-refractivity contribution is 5.92. The van der Waals surface area contributed by atoms with Gasteiger partial charge in [0.1, 0.15) is 0 Å². The second-order valence-electron chi connectivity index (χ2n) is 5.78. The number of pyridine rings is 1. The quantitative estimate of drug-likeness (QED) is 0.942. The maximum Gasteiger partial charge on any atom is 0.238 e. The number of rotatable bonds is 4. The summed E-state index contributed by atoms with van der Waals surface area (Å²) in [5.74, 6) is -0.0220. The molecular formula is C18H21N3O2. The van der Waals surface area contributed by atoms with Crippen LogP contribution in [0.1, 0.15) is 18.5 Å². The van der Waals surface area contributed by atoms with Gasteiger partial charge < -0.3 is 10.1 Å². The Morgan fingerprint density at radius 1 is 1.26 bits per heavy atom. The molecule has 1 saturated heterocycles. The SMILES string of the molecule is CC1CN(CC(=O)Nc2ccncc2)C(c2ccccc2)CO1. The number of amides is 1. The number of hydrogen-bond donors (Lipinski definition) is 1. The van der Waals surface area contributed by atoms with Crippen molar-refractivity contribution in [2.24, 2.45) is 0 Å². The third kappa shape index (κ3) is 4.15. The molecule has 0 bridgehead atoms. The number of benzene rings is 1. The summed E-state index contributed by atoms with van der Waals surface area (Å²) >= 11 is 0. The van der Waals surface area contributed by atoms with Crippen molar-refractivity contribution >= 4 is 11.6 Å². The zero-order chi connectivity index (χ0) is 16.1. The van der Waals surface area contributed by atoms with Crippen molar-refractivity contribution in [2.45, 2.75) is 19.1 Å². The molecule has 3 rings (SSSR count). The van der Waals surface area contributed by atoms with Gasteiger partial charge in [-0.25, -0.2) is 0 Å². The highest BCUT2D eigenvalue weighted by Crippen LogP contribution is 2.25. The van der Waals surface area contributed by atoms with Crippen LogP contribution in [-0.4, -0.2) is 41.6 Å². The summed E-state index contributed by atoms with van der Waals surface area (Å²) in [4.78, 5) is 18.5. The standard InChI is InChI=1S/C18H21N3O2/c1-14-11-21(12-18(22)20-16-7-9-19-10-8-16)17(13-23-14)15-5-3-2-4-6-15/h2-10,14,17H,11-13H2,1H3,(H,19,20,22). The predicted octanol–water partition coefficient (Wildman–Crippen LogP) is 2.48. The molecule has 23 heavy (non-hydrogen) atoms. The van der Waals surface area contributed by atoms with E-state index in [-0.39, 0.29) is 18.1 Å². The molecule has 2 atom stereocenters. The maximum absolute atomic E-state index is 12.4. The van der Waals surface area contributed by atoms with Crippen LogP contribution in [0.25, 0.3) is 0 Å². The summed E-state index contributed by atoms with van der Waals surface area (Å²) in [5.41, 5.74) is 1.94. The maximum atomic E-state index is 12.4. The summed E-state index contributed by atoms with van der Waals surface area (Å²) in [6.45, 7) is 3.72. The molecule has 0 aliphatic carbocycles. The van der Waals surface area contributed by atoms with Crippen molar-refractivity contribution in [3.05, 3.63) is 60.4 Å². The first-order valence-corrected chi connectivity index (χ1v) is 7.83. The van der Waals surface area contributed by atoms with E-state index in [1.807, 2.05) is 25.1 Å². The molecule has 120 valence electrons. The van der Waals surface area contributed by atoms with E-state index in [2.05, 4.69) is 27.3 Å². The van der Waals surface area contributed by atoms with Crippen LogP contribution in [0, 0.1) is 0 Å². The van der Waals surface area contributed by atoms with Gasteiger partial charge in [-0.2, -0.15) is 0 Å². The third-order valence-electron chi connectivity index (χ3n) is 3.97. The molecule has 2 aromatic rings. The summed E-state index contributed by atoms with van der Waals surface area (Å²) in [7, 11) is 0. The lowest BCUT2D eigenvalue weighted by Crippen LogP contribution is -2.46. The van der Waals surface area contributed by atoms with Gasteiger partial charge >= 0.3 is 0 Å². The number of morpholine rings is 1. The van der Waals surface area contributed by atoms with Crippen molar-refractivity contribution in [1.29, 1.82) is 0 Å². The Bertz CT molecular complexity index is 633. The van der Waals surface area contributed by atoms with Crippen molar-refractivity contribution < 1.29 is 9.53 Å². The van der Waals surface area contributed by atoms with Gasteiger partial charge in [-0.15, -0.1) is 0 Å². The average molecular weight is 311 g/mol. The number of ether oxygens (including phenoxy) is 1. The first-order chi connectivity index (χ1) is 11.2.